The van der Waals surface area contributed by atoms with Crippen molar-refractivity contribution < 1.29 is 14.3 Å². The van der Waals surface area contributed by atoms with Crippen LogP contribution in [0.3, 0.4) is 0 Å². The number of halogens is 1. The summed E-state index contributed by atoms with van der Waals surface area (Å²) < 4.78 is 8.06. The van der Waals surface area contributed by atoms with Crippen molar-refractivity contribution in [2.24, 2.45) is 7.05 Å². The van der Waals surface area contributed by atoms with E-state index in [0.29, 0.717) is 58.7 Å². The molecule has 0 spiro atoms. The number of aliphatic hydroxyl groups is 1. The number of fused-ring (bicyclic) bond motifs is 2. The Bertz CT molecular complexity index is 2010. The number of nitrogens with zero attached hydrogens (tertiary/aromatic N) is 5. The first-order valence-corrected chi connectivity index (χ1v) is 15.4. The third-order valence-corrected chi connectivity index (χ3v) is 9.16. The first-order chi connectivity index (χ1) is 21.8. The molecule has 1 unspecified atom stereocenters. The highest BCUT2D eigenvalue weighted by atomic mass is 35.5. The van der Waals surface area contributed by atoms with Crippen molar-refractivity contribution >= 4 is 34.3 Å². The van der Waals surface area contributed by atoms with Gasteiger partial charge >= 0.3 is 0 Å². The van der Waals surface area contributed by atoms with Crippen molar-refractivity contribution in [3.63, 3.8) is 0 Å². The van der Waals surface area contributed by atoms with Crippen molar-refractivity contribution in [3.8, 4) is 28.7 Å². The minimum Gasteiger partial charge on any atom is -0.435 e. The summed E-state index contributed by atoms with van der Waals surface area (Å²) in [5.74, 6) is 0.428. The van der Waals surface area contributed by atoms with Crippen LogP contribution in [0, 0.1) is 18.3 Å². The molecule has 2 aliphatic heterocycles. The second kappa shape index (κ2) is 11.8. The molecule has 2 aromatic heterocycles. The number of likely N-dealkylation sites (tertiary alicyclic amines) is 1. The molecule has 4 heterocycles. The number of β-amino-alcohol motifs (C(OH)–C–C–N with tert-alkyl or cyclic N) is 1. The number of carbonyl (C=O) groups excluding carboxylic acids is 1. The molecule has 0 radical (unpaired) electrons. The molecule has 0 saturated carbocycles. The molecular formula is C34H32ClN7O3. The van der Waals surface area contributed by atoms with E-state index in [4.69, 9.17) is 21.0 Å². The largest absolute Gasteiger partial charge is 0.435 e. The molecule has 1 fully saturated rings. The molecule has 0 aliphatic carbocycles. The Morgan fingerprint density at radius 3 is 2.78 bits per heavy atom. The lowest BCUT2D eigenvalue weighted by Gasteiger charge is -2.14. The van der Waals surface area contributed by atoms with Crippen molar-refractivity contribution in [3.05, 3.63) is 87.5 Å². The van der Waals surface area contributed by atoms with Gasteiger partial charge in [-0.25, -0.2) is 9.97 Å². The fourth-order valence-electron chi connectivity index (χ4n) is 6.43. The molecule has 3 N–H and O–H groups in total. The Morgan fingerprint density at radius 1 is 1.20 bits per heavy atom. The van der Waals surface area contributed by atoms with E-state index in [9.17, 15) is 15.2 Å². The Kier molecular flexibility index (Phi) is 7.63. The fourth-order valence-corrected chi connectivity index (χ4v) is 6.70. The van der Waals surface area contributed by atoms with Gasteiger partial charge in [0.15, 0.2) is 11.4 Å². The number of rotatable bonds is 6. The van der Waals surface area contributed by atoms with Crippen LogP contribution in [0.5, 0.6) is 0 Å². The van der Waals surface area contributed by atoms with Gasteiger partial charge < -0.3 is 24.7 Å². The van der Waals surface area contributed by atoms with Gasteiger partial charge in [0.2, 0.25) is 5.89 Å². The van der Waals surface area contributed by atoms with Crippen LogP contribution in [0.2, 0.25) is 5.02 Å². The summed E-state index contributed by atoms with van der Waals surface area (Å²) in [6.07, 6.45) is 1.26. The van der Waals surface area contributed by atoms with E-state index in [1.54, 1.807) is 6.07 Å². The van der Waals surface area contributed by atoms with E-state index < -0.39 is 0 Å². The first-order valence-electron chi connectivity index (χ1n) is 15.0. The molecule has 45 heavy (non-hydrogen) atoms. The summed E-state index contributed by atoms with van der Waals surface area (Å²) in [6, 6.07) is 17.4. The highest BCUT2D eigenvalue weighted by molar-refractivity contribution is 6.36. The zero-order valence-electron chi connectivity index (χ0n) is 25.0. The summed E-state index contributed by atoms with van der Waals surface area (Å²) in [7, 11) is 1.87. The summed E-state index contributed by atoms with van der Waals surface area (Å²) in [6.45, 7) is 5.53. The molecule has 11 heteroatoms. The van der Waals surface area contributed by atoms with E-state index in [-0.39, 0.29) is 12.0 Å². The molecule has 5 aromatic rings. The van der Waals surface area contributed by atoms with Crippen LogP contribution in [0.1, 0.15) is 45.1 Å². The van der Waals surface area contributed by atoms with Gasteiger partial charge in [0.05, 0.1) is 28.1 Å². The van der Waals surface area contributed by atoms with Gasteiger partial charge in [-0.15, -0.1) is 0 Å². The van der Waals surface area contributed by atoms with Crippen LogP contribution in [-0.2, 0) is 26.6 Å². The lowest BCUT2D eigenvalue weighted by Crippen LogP contribution is -2.24. The number of hydrogen-bond donors (Lipinski definition) is 3. The highest BCUT2D eigenvalue weighted by Crippen LogP contribution is 2.39. The lowest BCUT2D eigenvalue weighted by atomic mass is 9.96. The van der Waals surface area contributed by atoms with Crippen LogP contribution in [0.4, 0.5) is 5.69 Å². The Hall–Kier alpha value is -4.53. The minimum absolute atomic E-state index is 0.313. The first kappa shape index (κ1) is 29.2. The summed E-state index contributed by atoms with van der Waals surface area (Å²) in [4.78, 5) is 24.8. The van der Waals surface area contributed by atoms with Crippen LogP contribution in [0.15, 0.2) is 52.9 Å². The summed E-state index contributed by atoms with van der Waals surface area (Å²) in [5.41, 5.74) is 8.15. The second-order valence-electron chi connectivity index (χ2n) is 11.7. The normalized spacial score (nSPS) is 16.6. The molecular weight excluding hydrogens is 590 g/mol. The third kappa shape index (κ3) is 5.38. The number of imidazole rings is 1. The standard InChI is InChI=1S/C34H32ClN7O3/c1-19-23(25-7-4-8-26(30(25)35)39-33(44)32-38-28-16-37-11-9-29(28)41(32)2)5-3-6-24(19)34-40-27-14-20(13-21(15-36)31(27)45-34)17-42-12-10-22(43)18-42/h3-8,13-14,22,37,43H,9-12,16-18H2,1-2H3,(H,39,44). The average molecular weight is 622 g/mol. The lowest BCUT2D eigenvalue weighted by molar-refractivity contribution is 0.101. The van der Waals surface area contributed by atoms with Gasteiger partial charge in [-0.1, -0.05) is 35.9 Å². The number of benzene rings is 3. The second-order valence-corrected chi connectivity index (χ2v) is 12.1. The van der Waals surface area contributed by atoms with Gasteiger partial charge in [-0.05, 0) is 54.3 Å². The Morgan fingerprint density at radius 2 is 2.00 bits per heavy atom. The van der Waals surface area contributed by atoms with E-state index in [1.165, 1.54) is 0 Å². The van der Waals surface area contributed by atoms with Crippen molar-refractivity contribution in [2.45, 2.75) is 39.0 Å². The molecule has 1 atom stereocenters. The minimum atomic E-state index is -0.323. The van der Waals surface area contributed by atoms with Crippen LogP contribution < -0.4 is 10.6 Å². The zero-order valence-corrected chi connectivity index (χ0v) is 25.8. The molecule has 1 saturated heterocycles. The maximum atomic E-state index is 13.3. The monoisotopic (exact) mass is 621 g/mol. The zero-order chi connectivity index (χ0) is 31.2. The van der Waals surface area contributed by atoms with E-state index in [0.717, 1.165) is 65.1 Å². The number of aromatic nitrogens is 3. The van der Waals surface area contributed by atoms with Crippen LogP contribution in [0.25, 0.3) is 33.7 Å². The maximum absolute atomic E-state index is 13.3. The molecule has 0 bridgehead atoms. The van der Waals surface area contributed by atoms with Gasteiger partial charge in [0.25, 0.3) is 5.91 Å². The average Bonchev–Trinajstić information content (AvgIpc) is 3.75. The Balaban J connectivity index is 1.20. The summed E-state index contributed by atoms with van der Waals surface area (Å²) in [5, 5.41) is 26.5. The van der Waals surface area contributed by atoms with Gasteiger partial charge in [0, 0.05) is 63.0 Å². The van der Waals surface area contributed by atoms with Crippen molar-refractivity contribution in [2.75, 3.05) is 25.0 Å². The molecule has 2 aliphatic rings. The molecule has 7 rings (SSSR count). The van der Waals surface area contributed by atoms with E-state index in [2.05, 4.69) is 26.6 Å². The molecule has 228 valence electrons. The summed E-state index contributed by atoms with van der Waals surface area (Å²) >= 11 is 6.94. The number of hydrogen-bond acceptors (Lipinski definition) is 8. The number of oxazole rings is 1. The van der Waals surface area contributed by atoms with Crippen molar-refractivity contribution in [1.29, 1.82) is 5.26 Å². The molecule has 10 nitrogen and oxygen atoms in total. The Labute approximate surface area is 265 Å². The number of aliphatic hydroxyl groups excluding tert-OH is 1. The van der Waals surface area contributed by atoms with Crippen LogP contribution in [-0.4, -0.2) is 56.2 Å². The van der Waals surface area contributed by atoms with Gasteiger partial charge in [-0.2, -0.15) is 5.26 Å². The topological polar surface area (TPSA) is 132 Å². The van der Waals surface area contributed by atoms with Gasteiger partial charge in [0.1, 0.15) is 11.6 Å². The third-order valence-electron chi connectivity index (χ3n) is 8.76. The van der Waals surface area contributed by atoms with Crippen molar-refractivity contribution in [1.82, 2.24) is 24.8 Å². The van der Waals surface area contributed by atoms with Gasteiger partial charge in [-0.3, -0.25) is 9.69 Å². The highest BCUT2D eigenvalue weighted by Gasteiger charge is 2.24. The van der Waals surface area contributed by atoms with E-state index in [1.807, 2.05) is 61.0 Å². The molecule has 1 amide bonds. The number of nitriles is 1. The maximum Gasteiger partial charge on any atom is 0.291 e. The number of carbonyl (C=O) groups is 1. The predicted octanol–water partition coefficient (Wildman–Crippen LogP) is 5.19. The number of amides is 1. The fraction of sp³-hybridized carbons (Fsp3) is 0.294. The van der Waals surface area contributed by atoms with Crippen LogP contribution >= 0.6 is 11.6 Å². The quantitative estimate of drug-likeness (QED) is 0.236. The number of anilines is 1. The molecule has 3 aromatic carbocycles. The van der Waals surface area contributed by atoms with E-state index >= 15 is 0 Å². The SMILES string of the molecule is Cc1c(-c2nc3cc(CN4CCC(O)C4)cc(C#N)c3o2)cccc1-c1cccc(NC(=O)c2nc3c(n2C)CCNC3)c1Cl. The predicted molar refractivity (Wildman–Crippen MR) is 172 cm³/mol. The number of nitrogens with one attached hydrogen (secondary N) is 2. The smallest absolute Gasteiger partial charge is 0.291 e.